The van der Waals surface area contributed by atoms with E-state index in [1.54, 1.807) is 0 Å². The van der Waals surface area contributed by atoms with E-state index in [4.69, 9.17) is 4.63 Å². The molecule has 0 saturated heterocycles. The Morgan fingerprint density at radius 3 is 1.65 bits per heavy atom. The third-order valence-corrected chi connectivity index (χ3v) is 4.18. The molecule has 0 aliphatic rings. The van der Waals surface area contributed by atoms with Crippen molar-refractivity contribution in [3.63, 3.8) is 0 Å². The smallest absolute Gasteiger partial charge is 0.145 e. The lowest BCUT2D eigenvalue weighted by molar-refractivity contribution is 0.310. The lowest BCUT2D eigenvalue weighted by Gasteiger charge is -1.98. The molecule has 2 N–H and O–H groups in total. The van der Waals surface area contributed by atoms with Gasteiger partial charge < -0.3 is 9.97 Å². The zero-order valence-corrected chi connectivity index (χ0v) is 12.1. The second-order valence-corrected chi connectivity index (χ2v) is 5.46. The molecule has 0 amide bonds. The molecule has 0 saturated carbocycles. The Balaban J connectivity index is 1.77. The molecule has 2 aromatic carbocycles. The molecule has 5 nitrogen and oxygen atoms in total. The fourth-order valence-electron chi connectivity index (χ4n) is 3.08. The van der Waals surface area contributed by atoms with E-state index in [-0.39, 0.29) is 0 Å². The summed E-state index contributed by atoms with van der Waals surface area (Å²) >= 11 is 0. The minimum atomic E-state index is 0.743. The van der Waals surface area contributed by atoms with Gasteiger partial charge in [0.05, 0.1) is 0 Å². The van der Waals surface area contributed by atoms with Crippen LogP contribution in [-0.2, 0) is 0 Å². The van der Waals surface area contributed by atoms with Gasteiger partial charge >= 0.3 is 0 Å². The molecule has 0 bridgehead atoms. The number of hydrogen-bond donors (Lipinski definition) is 2. The Kier molecular flexibility index (Phi) is 2.43. The van der Waals surface area contributed by atoms with Crippen molar-refractivity contribution in [3.8, 4) is 22.5 Å². The minimum absolute atomic E-state index is 0.743. The van der Waals surface area contributed by atoms with Crippen LogP contribution in [0.15, 0.2) is 65.6 Å². The van der Waals surface area contributed by atoms with Crippen LogP contribution >= 0.6 is 0 Å². The highest BCUT2D eigenvalue weighted by molar-refractivity contribution is 6.02. The molecule has 0 aliphatic heterocycles. The predicted octanol–water partition coefficient (Wildman–Crippen LogP) is 4.37. The Bertz CT molecular complexity index is 1040. The fourth-order valence-corrected chi connectivity index (χ4v) is 3.08. The summed E-state index contributed by atoms with van der Waals surface area (Å²) in [6.07, 6.45) is 3.89. The topological polar surface area (TPSA) is 70.5 Å². The normalized spacial score (nSPS) is 11.5. The van der Waals surface area contributed by atoms with Crippen molar-refractivity contribution in [3.05, 3.63) is 60.9 Å². The van der Waals surface area contributed by atoms with Gasteiger partial charge in [0.25, 0.3) is 0 Å². The number of nitrogens with one attached hydrogen (secondary N) is 2. The van der Waals surface area contributed by atoms with Crippen molar-refractivity contribution in [2.45, 2.75) is 0 Å². The summed E-state index contributed by atoms with van der Waals surface area (Å²) in [6.45, 7) is 0. The van der Waals surface area contributed by atoms with E-state index in [9.17, 15) is 0 Å². The molecule has 3 aromatic heterocycles. The SMILES string of the molecule is c1ccc2c(-c3nonc3-c3c[nH]c4ccccc34)c[nH]c2c1. The van der Waals surface area contributed by atoms with Gasteiger partial charge in [-0.3, -0.25) is 0 Å². The van der Waals surface area contributed by atoms with Crippen LogP contribution in [-0.4, -0.2) is 20.3 Å². The van der Waals surface area contributed by atoms with Crippen molar-refractivity contribution in [2.75, 3.05) is 0 Å². The Labute approximate surface area is 130 Å². The molecule has 0 spiro atoms. The van der Waals surface area contributed by atoms with Crippen LogP contribution in [0.3, 0.4) is 0 Å². The van der Waals surface area contributed by atoms with Crippen molar-refractivity contribution < 1.29 is 4.63 Å². The maximum Gasteiger partial charge on any atom is 0.145 e. The molecule has 0 fully saturated rings. The Morgan fingerprint density at radius 2 is 1.13 bits per heavy atom. The molecule has 0 radical (unpaired) electrons. The van der Waals surface area contributed by atoms with Crippen LogP contribution in [0.2, 0.25) is 0 Å². The van der Waals surface area contributed by atoms with Gasteiger partial charge in [-0.15, -0.1) is 0 Å². The average Bonchev–Trinajstić information content (AvgIpc) is 3.31. The van der Waals surface area contributed by atoms with E-state index < -0.39 is 0 Å². The third-order valence-electron chi connectivity index (χ3n) is 4.18. The number of hydrogen-bond acceptors (Lipinski definition) is 3. The average molecular weight is 300 g/mol. The molecule has 0 aliphatic carbocycles. The predicted molar refractivity (Wildman–Crippen MR) is 88.9 cm³/mol. The highest BCUT2D eigenvalue weighted by Crippen LogP contribution is 2.36. The highest BCUT2D eigenvalue weighted by atomic mass is 16.6. The Morgan fingerprint density at radius 1 is 0.652 bits per heavy atom. The van der Waals surface area contributed by atoms with Crippen molar-refractivity contribution >= 4 is 21.8 Å². The van der Waals surface area contributed by atoms with Gasteiger partial charge in [0.1, 0.15) is 11.4 Å². The second-order valence-electron chi connectivity index (χ2n) is 5.46. The summed E-state index contributed by atoms with van der Waals surface area (Å²) in [7, 11) is 0. The van der Waals surface area contributed by atoms with Crippen LogP contribution in [0.1, 0.15) is 0 Å². The molecule has 5 heteroatoms. The third kappa shape index (κ3) is 1.73. The summed E-state index contributed by atoms with van der Waals surface area (Å²) < 4.78 is 5.06. The number of H-pyrrole nitrogens is 2. The highest BCUT2D eigenvalue weighted by Gasteiger charge is 2.19. The van der Waals surface area contributed by atoms with E-state index in [2.05, 4.69) is 32.4 Å². The number of rotatable bonds is 2. The Hall–Kier alpha value is -3.34. The summed E-state index contributed by atoms with van der Waals surface area (Å²) in [5.41, 5.74) is 5.59. The molecule has 5 rings (SSSR count). The number of benzene rings is 2. The first-order chi connectivity index (χ1) is 11.4. The second kappa shape index (κ2) is 4.58. The first-order valence-electron chi connectivity index (χ1n) is 7.37. The molecule has 5 aromatic rings. The standard InChI is InChI=1S/C18H12N4O/c1-3-7-15-11(5-1)13(9-19-15)17-18(22-23-21-17)14-10-20-16-8-4-2-6-12(14)16/h1-10,19-20H. The first kappa shape index (κ1) is 12.2. The zero-order valence-electron chi connectivity index (χ0n) is 12.1. The lowest BCUT2D eigenvalue weighted by atomic mass is 10.0. The molecule has 110 valence electrons. The maximum atomic E-state index is 5.06. The van der Waals surface area contributed by atoms with Gasteiger partial charge in [-0.25, -0.2) is 4.63 Å². The van der Waals surface area contributed by atoms with Gasteiger partial charge in [0, 0.05) is 45.3 Å². The van der Waals surface area contributed by atoms with Crippen LogP contribution in [0, 0.1) is 0 Å². The number of aromatic nitrogens is 4. The molecular weight excluding hydrogens is 288 g/mol. The van der Waals surface area contributed by atoms with Crippen LogP contribution < -0.4 is 0 Å². The van der Waals surface area contributed by atoms with Crippen molar-refractivity contribution in [1.82, 2.24) is 20.3 Å². The van der Waals surface area contributed by atoms with E-state index in [0.29, 0.717) is 0 Å². The first-order valence-corrected chi connectivity index (χ1v) is 7.37. The van der Waals surface area contributed by atoms with Crippen molar-refractivity contribution in [2.24, 2.45) is 0 Å². The number of para-hydroxylation sites is 2. The van der Waals surface area contributed by atoms with Crippen LogP contribution in [0.5, 0.6) is 0 Å². The molecule has 0 unspecified atom stereocenters. The van der Waals surface area contributed by atoms with Crippen molar-refractivity contribution in [1.29, 1.82) is 0 Å². The summed E-state index contributed by atoms with van der Waals surface area (Å²) in [4.78, 5) is 6.54. The van der Waals surface area contributed by atoms with Crippen LogP contribution in [0.4, 0.5) is 0 Å². The van der Waals surface area contributed by atoms with E-state index in [1.807, 2.05) is 48.8 Å². The fraction of sp³-hybridized carbons (Fsp3) is 0. The zero-order chi connectivity index (χ0) is 15.2. The van der Waals surface area contributed by atoms with Gasteiger partial charge in [-0.2, -0.15) is 0 Å². The van der Waals surface area contributed by atoms with Gasteiger partial charge in [-0.05, 0) is 22.4 Å². The number of nitrogens with zero attached hydrogens (tertiary/aromatic N) is 2. The van der Waals surface area contributed by atoms with Crippen LogP contribution in [0.25, 0.3) is 44.3 Å². The van der Waals surface area contributed by atoms with Gasteiger partial charge in [0.15, 0.2) is 0 Å². The van der Waals surface area contributed by atoms with E-state index in [0.717, 1.165) is 44.3 Å². The number of aromatic amines is 2. The van der Waals surface area contributed by atoms with Gasteiger partial charge in [-0.1, -0.05) is 36.4 Å². The molecule has 3 heterocycles. The molecule has 0 atom stereocenters. The number of fused-ring (bicyclic) bond motifs is 2. The summed E-state index contributed by atoms with van der Waals surface area (Å²) in [5, 5.41) is 10.5. The largest absolute Gasteiger partial charge is 0.360 e. The molecular formula is C18H12N4O. The lowest BCUT2D eigenvalue weighted by Crippen LogP contribution is -1.82. The van der Waals surface area contributed by atoms with E-state index >= 15 is 0 Å². The quantitative estimate of drug-likeness (QED) is 0.508. The monoisotopic (exact) mass is 300 g/mol. The maximum absolute atomic E-state index is 5.06. The van der Waals surface area contributed by atoms with E-state index in [1.165, 1.54) is 0 Å². The van der Waals surface area contributed by atoms with Gasteiger partial charge in [0.2, 0.25) is 0 Å². The minimum Gasteiger partial charge on any atom is -0.360 e. The summed E-state index contributed by atoms with van der Waals surface area (Å²) in [6, 6.07) is 16.2. The molecule has 23 heavy (non-hydrogen) atoms. The summed E-state index contributed by atoms with van der Waals surface area (Å²) in [5.74, 6) is 0.